The van der Waals surface area contributed by atoms with E-state index in [9.17, 15) is 9.59 Å². The van der Waals surface area contributed by atoms with Gasteiger partial charge in [-0.15, -0.1) is 11.8 Å². The second-order valence-corrected chi connectivity index (χ2v) is 9.29. The molecule has 3 aromatic carbocycles. The number of aryl methyl sites for hydroxylation is 2. The van der Waals surface area contributed by atoms with Crippen molar-refractivity contribution in [3.63, 3.8) is 0 Å². The van der Waals surface area contributed by atoms with Crippen LogP contribution in [0.2, 0.25) is 0 Å². The minimum absolute atomic E-state index is 0.00849. The lowest BCUT2D eigenvalue weighted by Gasteiger charge is -2.24. The lowest BCUT2D eigenvalue weighted by atomic mass is 10.0. The van der Waals surface area contributed by atoms with Crippen molar-refractivity contribution in [1.82, 2.24) is 4.90 Å². The lowest BCUT2D eigenvalue weighted by molar-refractivity contribution is -0.128. The standard InChI is InChI=1S/C28H30N2O2S/c1-3-21-11-8-12-22(4-2)26(21)29-27(32)23-13-15-24(16-14-23)28-30(25(31)19-33-28)18-17-20-9-6-5-7-10-20/h5-16,28H,3-4,17-19H2,1-2H3,(H,29,32)/t28-/m1/s1. The van der Waals surface area contributed by atoms with Crippen molar-refractivity contribution in [2.45, 2.75) is 38.5 Å². The van der Waals surface area contributed by atoms with Gasteiger partial charge in [0.05, 0.1) is 5.75 Å². The van der Waals surface area contributed by atoms with Crippen LogP contribution in [0.3, 0.4) is 0 Å². The number of carbonyl (C=O) groups excluding carboxylic acids is 2. The fourth-order valence-corrected chi connectivity index (χ4v) is 5.47. The minimum atomic E-state index is -0.103. The summed E-state index contributed by atoms with van der Waals surface area (Å²) in [5.74, 6) is 0.564. The first-order chi connectivity index (χ1) is 16.1. The molecule has 0 bridgehead atoms. The molecule has 0 aliphatic carbocycles. The molecular formula is C28H30N2O2S. The summed E-state index contributed by atoms with van der Waals surface area (Å²) >= 11 is 1.65. The molecule has 0 radical (unpaired) electrons. The number of anilines is 1. The number of amides is 2. The molecule has 170 valence electrons. The molecule has 5 heteroatoms. The highest BCUT2D eigenvalue weighted by molar-refractivity contribution is 8.00. The van der Waals surface area contributed by atoms with Crippen LogP contribution in [-0.4, -0.2) is 29.0 Å². The van der Waals surface area contributed by atoms with Crippen LogP contribution in [-0.2, 0) is 24.1 Å². The van der Waals surface area contributed by atoms with Crippen molar-refractivity contribution >= 4 is 29.3 Å². The second kappa shape index (κ2) is 10.7. The van der Waals surface area contributed by atoms with E-state index < -0.39 is 0 Å². The summed E-state index contributed by atoms with van der Waals surface area (Å²) in [5, 5.41) is 3.12. The van der Waals surface area contributed by atoms with Gasteiger partial charge in [-0.1, -0.05) is 74.5 Å². The number of carbonyl (C=O) groups is 2. The average molecular weight is 459 g/mol. The summed E-state index contributed by atoms with van der Waals surface area (Å²) in [7, 11) is 0. The predicted octanol–water partition coefficient (Wildman–Crippen LogP) is 5.88. The van der Waals surface area contributed by atoms with Gasteiger partial charge in [0.25, 0.3) is 5.91 Å². The van der Waals surface area contributed by atoms with Gasteiger partial charge in [0, 0.05) is 17.8 Å². The summed E-state index contributed by atoms with van der Waals surface area (Å²) in [6.45, 7) is 4.89. The molecule has 4 nitrogen and oxygen atoms in total. The highest BCUT2D eigenvalue weighted by atomic mass is 32.2. The second-order valence-electron chi connectivity index (χ2n) is 8.22. The molecule has 33 heavy (non-hydrogen) atoms. The summed E-state index contributed by atoms with van der Waals surface area (Å²) in [4.78, 5) is 27.5. The number of thioether (sulfide) groups is 1. The molecule has 0 saturated carbocycles. The van der Waals surface area contributed by atoms with E-state index in [2.05, 4.69) is 43.4 Å². The van der Waals surface area contributed by atoms with Crippen molar-refractivity contribution < 1.29 is 9.59 Å². The third-order valence-corrected chi connectivity index (χ3v) is 7.40. The van der Waals surface area contributed by atoms with Crippen LogP contribution < -0.4 is 5.32 Å². The zero-order valence-corrected chi connectivity index (χ0v) is 20.0. The zero-order valence-electron chi connectivity index (χ0n) is 19.2. The smallest absolute Gasteiger partial charge is 0.255 e. The predicted molar refractivity (Wildman–Crippen MR) is 137 cm³/mol. The molecule has 1 fully saturated rings. The van der Waals surface area contributed by atoms with Gasteiger partial charge in [0.15, 0.2) is 0 Å². The molecule has 0 unspecified atom stereocenters. The van der Waals surface area contributed by atoms with Crippen LogP contribution in [0.1, 0.15) is 51.8 Å². The maximum atomic E-state index is 13.0. The van der Waals surface area contributed by atoms with Gasteiger partial charge in [0.1, 0.15) is 5.37 Å². The van der Waals surface area contributed by atoms with Crippen LogP contribution in [0.5, 0.6) is 0 Å². The first-order valence-corrected chi connectivity index (χ1v) is 12.6. The van der Waals surface area contributed by atoms with Gasteiger partial charge < -0.3 is 10.2 Å². The molecule has 1 aliphatic heterocycles. The maximum absolute atomic E-state index is 13.0. The molecule has 1 aliphatic rings. The third-order valence-electron chi connectivity index (χ3n) is 6.15. The average Bonchev–Trinajstić information content (AvgIpc) is 3.23. The molecule has 0 aromatic heterocycles. The van der Waals surface area contributed by atoms with Crippen LogP contribution in [0.15, 0.2) is 72.8 Å². The first-order valence-electron chi connectivity index (χ1n) is 11.6. The topological polar surface area (TPSA) is 49.4 Å². The van der Waals surface area contributed by atoms with E-state index in [4.69, 9.17) is 0 Å². The molecule has 2 amide bonds. The number of nitrogens with zero attached hydrogens (tertiary/aromatic N) is 1. The SMILES string of the molecule is CCc1cccc(CC)c1NC(=O)c1ccc([C@H]2SCC(=O)N2CCc2ccccc2)cc1. The van der Waals surface area contributed by atoms with Crippen molar-refractivity contribution in [2.24, 2.45) is 0 Å². The molecule has 4 rings (SSSR count). The van der Waals surface area contributed by atoms with Gasteiger partial charge in [-0.3, -0.25) is 9.59 Å². The van der Waals surface area contributed by atoms with Crippen molar-refractivity contribution in [3.8, 4) is 0 Å². The Morgan fingerprint density at radius 3 is 2.24 bits per heavy atom. The monoisotopic (exact) mass is 458 g/mol. The quantitative estimate of drug-likeness (QED) is 0.459. The van der Waals surface area contributed by atoms with Gasteiger partial charge in [0.2, 0.25) is 5.91 Å². The van der Waals surface area contributed by atoms with E-state index >= 15 is 0 Å². The van der Waals surface area contributed by atoms with Gasteiger partial charge in [-0.05, 0) is 53.6 Å². The van der Waals surface area contributed by atoms with Crippen LogP contribution >= 0.6 is 11.8 Å². The minimum Gasteiger partial charge on any atom is -0.326 e. The molecule has 0 spiro atoms. The van der Waals surface area contributed by atoms with Crippen LogP contribution in [0.4, 0.5) is 5.69 Å². The Morgan fingerprint density at radius 2 is 1.61 bits per heavy atom. The summed E-state index contributed by atoms with van der Waals surface area (Å²) in [5.41, 5.74) is 6.13. The maximum Gasteiger partial charge on any atom is 0.255 e. The van der Waals surface area contributed by atoms with E-state index in [1.807, 2.05) is 53.4 Å². The van der Waals surface area contributed by atoms with Crippen LogP contribution in [0, 0.1) is 0 Å². The number of nitrogens with one attached hydrogen (secondary N) is 1. The Labute approximate surface area is 200 Å². The fraction of sp³-hybridized carbons (Fsp3) is 0.286. The molecule has 3 aromatic rings. The first kappa shape index (κ1) is 23.1. The number of benzene rings is 3. The zero-order chi connectivity index (χ0) is 23.2. The Hall–Kier alpha value is -3.05. The molecule has 1 saturated heterocycles. The summed E-state index contributed by atoms with van der Waals surface area (Å²) in [6.07, 6.45) is 2.57. The van der Waals surface area contributed by atoms with E-state index in [-0.39, 0.29) is 17.2 Å². The van der Waals surface area contributed by atoms with Crippen molar-refractivity contribution in [2.75, 3.05) is 17.6 Å². The Bertz CT molecular complexity index is 1090. The summed E-state index contributed by atoms with van der Waals surface area (Å²) in [6, 6.07) is 24.1. The van der Waals surface area contributed by atoms with E-state index in [1.54, 1.807) is 11.8 Å². The molecule has 1 heterocycles. The largest absolute Gasteiger partial charge is 0.326 e. The van der Waals surface area contributed by atoms with Crippen LogP contribution in [0.25, 0.3) is 0 Å². The number of para-hydroxylation sites is 1. The molecule has 1 N–H and O–H groups in total. The van der Waals surface area contributed by atoms with E-state index in [0.717, 1.165) is 41.6 Å². The summed E-state index contributed by atoms with van der Waals surface area (Å²) < 4.78 is 0. The fourth-order valence-electron chi connectivity index (χ4n) is 4.25. The number of hydrogen-bond acceptors (Lipinski definition) is 3. The normalized spacial score (nSPS) is 15.6. The van der Waals surface area contributed by atoms with Gasteiger partial charge in [-0.2, -0.15) is 0 Å². The Kier molecular flexibility index (Phi) is 7.50. The van der Waals surface area contributed by atoms with E-state index in [1.165, 1.54) is 5.56 Å². The number of hydrogen-bond donors (Lipinski definition) is 1. The van der Waals surface area contributed by atoms with Gasteiger partial charge in [-0.25, -0.2) is 0 Å². The Morgan fingerprint density at radius 1 is 0.939 bits per heavy atom. The third kappa shape index (κ3) is 5.31. The Balaban J connectivity index is 1.46. The van der Waals surface area contributed by atoms with Crippen molar-refractivity contribution in [1.29, 1.82) is 0 Å². The van der Waals surface area contributed by atoms with Crippen molar-refractivity contribution in [3.05, 3.63) is 101 Å². The number of rotatable bonds is 8. The lowest BCUT2D eigenvalue weighted by Crippen LogP contribution is -2.30. The molecule has 1 atom stereocenters. The van der Waals surface area contributed by atoms with E-state index in [0.29, 0.717) is 17.9 Å². The van der Waals surface area contributed by atoms with Gasteiger partial charge >= 0.3 is 0 Å². The highest BCUT2D eigenvalue weighted by Gasteiger charge is 2.32. The molecular weight excluding hydrogens is 428 g/mol. The highest BCUT2D eigenvalue weighted by Crippen LogP contribution is 2.38.